The van der Waals surface area contributed by atoms with Gasteiger partial charge in [-0.05, 0) is 51.3 Å². The topological polar surface area (TPSA) is 128 Å². The molecule has 1 atom stereocenters. The molecule has 200 valence electrons. The lowest BCUT2D eigenvalue weighted by atomic mass is 9.93. The van der Waals surface area contributed by atoms with E-state index in [2.05, 4.69) is 15.1 Å². The van der Waals surface area contributed by atoms with Crippen LogP contribution in [0, 0.1) is 12.8 Å². The Morgan fingerprint density at radius 3 is 2.70 bits per heavy atom. The smallest absolute Gasteiger partial charge is 0.277 e. The first-order valence-corrected chi connectivity index (χ1v) is 14.3. The van der Waals surface area contributed by atoms with Crippen LogP contribution in [0.3, 0.4) is 0 Å². The first-order chi connectivity index (χ1) is 17.8. The highest BCUT2D eigenvalue weighted by Gasteiger charge is 2.40. The lowest BCUT2D eigenvalue weighted by Crippen LogP contribution is -2.48. The van der Waals surface area contributed by atoms with Gasteiger partial charge in [-0.2, -0.15) is 4.31 Å². The van der Waals surface area contributed by atoms with Crippen molar-refractivity contribution in [2.45, 2.75) is 63.8 Å². The van der Waals surface area contributed by atoms with Crippen molar-refractivity contribution in [3.8, 4) is 17.1 Å². The minimum atomic E-state index is -3.85. The number of imidazole rings is 1. The number of rotatable bonds is 8. The summed E-state index contributed by atoms with van der Waals surface area (Å²) in [6.45, 7) is 7.20. The molecule has 2 aliphatic rings. The summed E-state index contributed by atoms with van der Waals surface area (Å²) in [5, 5.41) is 4.68. The van der Waals surface area contributed by atoms with Crippen LogP contribution in [0.1, 0.15) is 51.0 Å². The number of aromatic amines is 1. The van der Waals surface area contributed by atoms with E-state index in [-0.39, 0.29) is 28.2 Å². The Bertz CT molecular complexity index is 1440. The summed E-state index contributed by atoms with van der Waals surface area (Å²) in [6.07, 6.45) is 4.00. The Balaban J connectivity index is 1.61. The molecule has 0 bridgehead atoms. The molecule has 0 saturated carbocycles. The highest BCUT2D eigenvalue weighted by atomic mass is 32.2. The molecule has 3 aromatic rings. The molecular weight excluding hydrogens is 498 g/mol. The number of hydrogen-bond acceptors (Lipinski definition) is 8. The number of H-pyrrole nitrogens is 1. The molecule has 37 heavy (non-hydrogen) atoms. The van der Waals surface area contributed by atoms with E-state index >= 15 is 0 Å². The number of sulfonamides is 1. The molecule has 0 amide bonds. The minimum absolute atomic E-state index is 0.0147. The molecule has 1 unspecified atom stereocenters. The zero-order chi connectivity index (χ0) is 26.2. The van der Waals surface area contributed by atoms with Crippen molar-refractivity contribution in [1.82, 2.24) is 23.9 Å². The molecule has 0 radical (unpaired) electrons. The third kappa shape index (κ3) is 4.78. The Kier molecular flexibility index (Phi) is 7.35. The van der Waals surface area contributed by atoms with Crippen molar-refractivity contribution >= 4 is 15.5 Å². The highest BCUT2D eigenvalue weighted by Crippen LogP contribution is 2.35. The lowest BCUT2D eigenvalue weighted by Gasteiger charge is -2.37. The first kappa shape index (κ1) is 25.8. The van der Waals surface area contributed by atoms with Crippen LogP contribution in [0.5, 0.6) is 5.75 Å². The number of nitrogens with zero attached hydrogens (tertiary/aromatic N) is 4. The predicted molar refractivity (Wildman–Crippen MR) is 136 cm³/mol. The molecule has 5 rings (SSSR count). The number of fused-ring (bicyclic) bond motifs is 1. The highest BCUT2D eigenvalue weighted by molar-refractivity contribution is 7.89. The molecule has 4 heterocycles. The van der Waals surface area contributed by atoms with Crippen LogP contribution in [0.25, 0.3) is 16.9 Å². The maximum absolute atomic E-state index is 13.9. The van der Waals surface area contributed by atoms with Crippen molar-refractivity contribution in [2.75, 3.05) is 26.4 Å². The summed E-state index contributed by atoms with van der Waals surface area (Å²) >= 11 is 0. The number of nitrogens with one attached hydrogen (secondary N) is 1. The van der Waals surface area contributed by atoms with Crippen molar-refractivity contribution in [2.24, 2.45) is 5.92 Å². The average molecular weight is 532 g/mol. The average Bonchev–Trinajstić information content (AvgIpc) is 3.53. The van der Waals surface area contributed by atoms with Crippen LogP contribution in [-0.2, 0) is 26.2 Å². The van der Waals surface area contributed by atoms with Gasteiger partial charge in [-0.15, -0.1) is 5.10 Å². The van der Waals surface area contributed by atoms with Gasteiger partial charge in [-0.1, -0.05) is 13.3 Å². The first-order valence-electron chi connectivity index (χ1n) is 12.9. The summed E-state index contributed by atoms with van der Waals surface area (Å²) in [5.41, 5.74) is 1.04. The van der Waals surface area contributed by atoms with Crippen molar-refractivity contribution in [3.63, 3.8) is 0 Å². The van der Waals surface area contributed by atoms with Crippen molar-refractivity contribution in [1.29, 1.82) is 0 Å². The van der Waals surface area contributed by atoms with E-state index in [0.29, 0.717) is 61.1 Å². The number of ether oxygens (including phenoxy) is 1. The van der Waals surface area contributed by atoms with Gasteiger partial charge >= 0.3 is 0 Å². The number of piperidine rings is 1. The molecule has 1 N–H and O–H groups in total. The monoisotopic (exact) mass is 531 g/mol. The minimum Gasteiger partial charge on any atom is -0.493 e. The largest absolute Gasteiger partial charge is 0.493 e. The molecule has 12 heteroatoms. The fourth-order valence-corrected chi connectivity index (χ4v) is 7.04. The fourth-order valence-electron chi connectivity index (χ4n) is 5.26. The van der Waals surface area contributed by atoms with Gasteiger partial charge in [0.05, 0.1) is 36.0 Å². The summed E-state index contributed by atoms with van der Waals surface area (Å²) in [6, 6.07) is 4.53. The van der Waals surface area contributed by atoms with Gasteiger partial charge < -0.3 is 9.72 Å². The van der Waals surface area contributed by atoms with E-state index in [0.717, 1.165) is 25.7 Å². The number of aryl methyl sites for hydroxylation is 2. The lowest BCUT2D eigenvalue weighted by molar-refractivity contribution is -0.248. The second-order valence-electron chi connectivity index (χ2n) is 9.53. The van der Waals surface area contributed by atoms with Crippen LogP contribution in [0.2, 0.25) is 0 Å². The molecule has 1 aromatic carbocycles. The van der Waals surface area contributed by atoms with Crippen LogP contribution in [0.15, 0.2) is 27.9 Å². The van der Waals surface area contributed by atoms with E-state index in [9.17, 15) is 13.2 Å². The summed E-state index contributed by atoms with van der Waals surface area (Å²) in [7, 11) is -3.85. The van der Waals surface area contributed by atoms with Crippen LogP contribution >= 0.6 is 0 Å². The van der Waals surface area contributed by atoms with Gasteiger partial charge in [-0.3, -0.25) is 4.79 Å². The van der Waals surface area contributed by atoms with Crippen molar-refractivity contribution in [3.05, 3.63) is 40.1 Å². The van der Waals surface area contributed by atoms with Crippen LogP contribution < -0.4 is 10.3 Å². The molecule has 2 aromatic heterocycles. The second kappa shape index (κ2) is 10.5. The Labute approximate surface area is 215 Å². The molecule has 0 aliphatic carbocycles. The molecule has 0 spiro atoms. The van der Waals surface area contributed by atoms with Crippen molar-refractivity contribution < 1.29 is 22.9 Å². The molecular formula is C25H33N5O6S. The van der Waals surface area contributed by atoms with E-state index in [1.54, 1.807) is 33.9 Å². The van der Waals surface area contributed by atoms with Gasteiger partial charge in [0.2, 0.25) is 10.0 Å². The van der Waals surface area contributed by atoms with E-state index in [1.165, 1.54) is 0 Å². The fraction of sp³-hybridized carbons (Fsp3) is 0.560. The zero-order valence-electron chi connectivity index (χ0n) is 21.4. The third-order valence-corrected chi connectivity index (χ3v) is 8.94. The third-order valence-electron chi connectivity index (χ3n) is 7.02. The van der Waals surface area contributed by atoms with Gasteiger partial charge in [0, 0.05) is 24.9 Å². The Hall–Kier alpha value is -2.80. The SMILES string of the molecule is CCCc1nc(C)c2c(=O)[nH]c(-c3cc(S(=O)(=O)N4CCCCC4C4COOC4)ccc3OCC)nn12. The molecule has 2 fully saturated rings. The van der Waals surface area contributed by atoms with Gasteiger partial charge in [0.1, 0.15) is 11.6 Å². The van der Waals surface area contributed by atoms with E-state index < -0.39 is 10.0 Å². The number of hydrogen-bond donors (Lipinski definition) is 1. The molecule has 11 nitrogen and oxygen atoms in total. The van der Waals surface area contributed by atoms with Gasteiger partial charge in [-0.25, -0.2) is 27.7 Å². The summed E-state index contributed by atoms with van der Waals surface area (Å²) in [5.74, 6) is 1.33. The van der Waals surface area contributed by atoms with Crippen LogP contribution in [-0.4, -0.2) is 64.7 Å². The Morgan fingerprint density at radius 1 is 1.19 bits per heavy atom. The number of benzene rings is 1. The van der Waals surface area contributed by atoms with E-state index in [4.69, 9.17) is 14.5 Å². The number of aromatic nitrogens is 4. The maximum Gasteiger partial charge on any atom is 0.277 e. The van der Waals surface area contributed by atoms with Crippen LogP contribution in [0.4, 0.5) is 0 Å². The quantitative estimate of drug-likeness (QED) is 0.440. The maximum atomic E-state index is 13.9. The molecule has 2 aliphatic heterocycles. The zero-order valence-corrected chi connectivity index (χ0v) is 22.2. The molecule has 2 saturated heterocycles. The Morgan fingerprint density at radius 2 is 1.97 bits per heavy atom. The normalized spacial score (nSPS) is 19.6. The second-order valence-corrected chi connectivity index (χ2v) is 11.4. The summed E-state index contributed by atoms with van der Waals surface area (Å²) in [4.78, 5) is 30.7. The van der Waals surface area contributed by atoms with Gasteiger partial charge in [0.15, 0.2) is 11.3 Å². The summed E-state index contributed by atoms with van der Waals surface area (Å²) < 4.78 is 36.8. The standard InChI is InChI=1S/C25H33N5O6S/c1-4-8-22-26-16(3)23-25(31)27-24(28-30(22)23)19-13-18(10-11-21(19)34-5-2)37(32,33)29-12-7-6-9-20(29)17-14-35-36-15-17/h10-11,13,17,20H,4-9,12,14-15H2,1-3H3,(H,27,28,31). The van der Waals surface area contributed by atoms with E-state index in [1.807, 2.05) is 13.8 Å². The predicted octanol–water partition coefficient (Wildman–Crippen LogP) is 2.87. The van der Waals surface area contributed by atoms with Gasteiger partial charge in [0.25, 0.3) is 5.56 Å².